The number of carbonyl (C=O) groups is 2. The molecule has 0 aliphatic carbocycles. The second-order valence-corrected chi connectivity index (χ2v) is 15.7. The lowest BCUT2D eigenvalue weighted by Gasteiger charge is -2.11. The van der Waals surface area contributed by atoms with E-state index in [1.54, 1.807) is 91.3 Å². The third-order valence-electron chi connectivity index (χ3n) is 10.7. The molecule has 0 bridgehead atoms. The van der Waals surface area contributed by atoms with Crippen molar-refractivity contribution >= 4 is 46.5 Å². The van der Waals surface area contributed by atoms with Crippen molar-refractivity contribution in [3.63, 3.8) is 0 Å². The molecule has 0 N–H and O–H groups in total. The number of rotatable bonds is 24. The molecule has 0 saturated heterocycles. The number of carbonyl (C=O) groups excluding carboxylic acids is 2. The number of ether oxygens (including phenoxy) is 4. The van der Waals surface area contributed by atoms with Crippen molar-refractivity contribution in [1.29, 1.82) is 5.26 Å². The lowest BCUT2D eigenvalue weighted by Crippen LogP contribution is -2.10. The molecule has 0 fully saturated rings. The molecule has 9 nitrogen and oxygen atoms in total. The molecule has 0 aliphatic rings. The van der Waals surface area contributed by atoms with E-state index in [0.717, 1.165) is 46.8 Å². The van der Waals surface area contributed by atoms with Gasteiger partial charge >= 0.3 is 11.9 Å². The summed E-state index contributed by atoms with van der Waals surface area (Å²) in [5, 5.41) is 11.4. The summed E-state index contributed by atoms with van der Waals surface area (Å²) in [5.41, 5.74) is 4.00. The number of nitriles is 1. The van der Waals surface area contributed by atoms with Gasteiger partial charge in [-0.25, -0.2) is 9.59 Å². The van der Waals surface area contributed by atoms with Crippen LogP contribution in [0, 0.1) is 11.3 Å². The number of nitrogens with zero attached hydrogens (tertiary/aromatic N) is 3. The molecular weight excluding hydrogens is 799 g/mol. The van der Waals surface area contributed by atoms with Gasteiger partial charge in [-0.2, -0.15) is 5.26 Å². The van der Waals surface area contributed by atoms with Crippen LogP contribution < -0.4 is 18.9 Å². The average Bonchev–Trinajstić information content (AvgIpc) is 3.33. The maximum Gasteiger partial charge on any atom is 0.343 e. The van der Waals surface area contributed by atoms with Crippen LogP contribution in [0.1, 0.15) is 128 Å². The van der Waals surface area contributed by atoms with Crippen molar-refractivity contribution in [2.24, 2.45) is 9.98 Å². The lowest BCUT2D eigenvalue weighted by atomic mass is 10.0. The Hall–Kier alpha value is -7.05. The molecule has 0 aliphatic heterocycles. The van der Waals surface area contributed by atoms with Gasteiger partial charge in [0.2, 0.25) is 0 Å². The molecule has 9 heteroatoms. The minimum Gasteiger partial charge on any atom is -0.494 e. The molecule has 0 spiro atoms. The molecule has 328 valence electrons. The molecule has 0 unspecified atom stereocenters. The van der Waals surface area contributed by atoms with Crippen LogP contribution in [0.25, 0.3) is 10.8 Å². The second-order valence-electron chi connectivity index (χ2n) is 15.7. The van der Waals surface area contributed by atoms with Crippen molar-refractivity contribution in [2.45, 2.75) is 90.9 Å². The van der Waals surface area contributed by atoms with E-state index in [4.69, 9.17) is 18.9 Å². The molecule has 64 heavy (non-hydrogen) atoms. The van der Waals surface area contributed by atoms with Gasteiger partial charge in [0.15, 0.2) is 0 Å². The first-order valence-electron chi connectivity index (χ1n) is 22.6. The van der Waals surface area contributed by atoms with Gasteiger partial charge in [0, 0.05) is 17.8 Å². The van der Waals surface area contributed by atoms with Crippen LogP contribution >= 0.6 is 0 Å². The fourth-order valence-corrected chi connectivity index (χ4v) is 6.98. The van der Waals surface area contributed by atoms with Gasteiger partial charge < -0.3 is 18.9 Å². The van der Waals surface area contributed by atoms with E-state index in [0.29, 0.717) is 35.1 Å². The van der Waals surface area contributed by atoms with E-state index in [2.05, 4.69) is 29.9 Å². The Morgan fingerprint density at radius 1 is 0.516 bits per heavy atom. The van der Waals surface area contributed by atoms with Crippen molar-refractivity contribution in [2.75, 3.05) is 13.2 Å². The fraction of sp³-hybridized carbons (Fsp3) is 0.291. The van der Waals surface area contributed by atoms with Crippen LogP contribution in [0.15, 0.2) is 137 Å². The smallest absolute Gasteiger partial charge is 0.343 e. The van der Waals surface area contributed by atoms with Gasteiger partial charge in [0.05, 0.1) is 35.7 Å². The van der Waals surface area contributed by atoms with Crippen molar-refractivity contribution in [3.8, 4) is 29.1 Å². The van der Waals surface area contributed by atoms with Gasteiger partial charge in [-0.1, -0.05) is 114 Å². The number of unbranched alkanes of at least 4 members (excludes halogenated alkanes) is 10. The normalized spacial score (nSPS) is 11.2. The van der Waals surface area contributed by atoms with E-state index in [1.807, 2.05) is 48.5 Å². The maximum absolute atomic E-state index is 13.2. The fourth-order valence-electron chi connectivity index (χ4n) is 6.98. The monoisotopic (exact) mass is 855 g/mol. The van der Waals surface area contributed by atoms with E-state index < -0.39 is 11.9 Å². The minimum atomic E-state index is -0.617. The Balaban J connectivity index is 0.989. The zero-order chi connectivity index (χ0) is 44.8. The summed E-state index contributed by atoms with van der Waals surface area (Å²) < 4.78 is 23.2. The number of benzene rings is 6. The highest BCUT2D eigenvalue weighted by atomic mass is 16.5. The zero-order valence-electron chi connectivity index (χ0n) is 37.0. The van der Waals surface area contributed by atoms with Gasteiger partial charge in [-0.15, -0.1) is 0 Å². The van der Waals surface area contributed by atoms with Crippen molar-refractivity contribution < 1.29 is 28.5 Å². The predicted octanol–water partition coefficient (Wildman–Crippen LogP) is 14.1. The summed E-state index contributed by atoms with van der Waals surface area (Å²) in [6.07, 6.45) is 18.1. The van der Waals surface area contributed by atoms with Crippen molar-refractivity contribution in [3.05, 3.63) is 155 Å². The second kappa shape index (κ2) is 25.2. The molecule has 6 rings (SSSR count). The summed E-state index contributed by atoms with van der Waals surface area (Å²) in [6, 6.07) is 39.6. The van der Waals surface area contributed by atoms with Crippen LogP contribution in [0.2, 0.25) is 0 Å². The summed E-state index contributed by atoms with van der Waals surface area (Å²) in [6.45, 7) is 5.87. The van der Waals surface area contributed by atoms with Gasteiger partial charge in [0.25, 0.3) is 0 Å². The van der Waals surface area contributed by atoms with E-state index in [-0.39, 0.29) is 17.1 Å². The SMILES string of the molecule is CCCCCCCCOc1ccc(N=Cc2ccc(C(=O)Oc3ccc4ccc(OC(=O)c5ccc(C=Nc6ccc(OCCCCCCCC)cc6)cc5)c(C#N)c4c3)cc2)cc1. The van der Waals surface area contributed by atoms with Gasteiger partial charge in [0.1, 0.15) is 34.6 Å². The highest BCUT2D eigenvalue weighted by Gasteiger charge is 2.16. The molecule has 0 aromatic heterocycles. The topological polar surface area (TPSA) is 120 Å². The molecule has 0 radical (unpaired) electrons. The number of fused-ring (bicyclic) bond motifs is 1. The van der Waals surface area contributed by atoms with E-state index >= 15 is 0 Å². The highest BCUT2D eigenvalue weighted by molar-refractivity contribution is 5.97. The first kappa shape index (κ1) is 46.5. The summed E-state index contributed by atoms with van der Waals surface area (Å²) in [5.74, 6) is 0.819. The van der Waals surface area contributed by atoms with Crippen LogP contribution in [0.3, 0.4) is 0 Å². The molecule has 0 atom stereocenters. The maximum atomic E-state index is 13.2. The third-order valence-corrected chi connectivity index (χ3v) is 10.7. The van der Waals surface area contributed by atoms with Crippen LogP contribution in [-0.4, -0.2) is 37.6 Å². The molecule has 0 saturated carbocycles. The highest BCUT2D eigenvalue weighted by Crippen LogP contribution is 2.31. The zero-order valence-corrected chi connectivity index (χ0v) is 37.0. The number of hydrogen-bond acceptors (Lipinski definition) is 9. The van der Waals surface area contributed by atoms with E-state index in [1.165, 1.54) is 64.2 Å². The van der Waals surface area contributed by atoms with E-state index in [9.17, 15) is 14.9 Å². The van der Waals surface area contributed by atoms with Gasteiger partial charge in [-0.05, 0) is 120 Å². The number of hydrogen-bond donors (Lipinski definition) is 0. The summed E-state index contributed by atoms with van der Waals surface area (Å²) in [4.78, 5) is 35.5. The average molecular weight is 856 g/mol. The van der Waals surface area contributed by atoms with Crippen molar-refractivity contribution in [1.82, 2.24) is 0 Å². The quantitative estimate of drug-likeness (QED) is 0.0257. The molecule has 6 aromatic rings. The summed E-state index contributed by atoms with van der Waals surface area (Å²) >= 11 is 0. The first-order valence-corrected chi connectivity index (χ1v) is 22.6. The Morgan fingerprint density at radius 2 is 0.953 bits per heavy atom. The largest absolute Gasteiger partial charge is 0.494 e. The molecular formula is C55H57N3O6. The Morgan fingerprint density at radius 3 is 1.44 bits per heavy atom. The predicted molar refractivity (Wildman–Crippen MR) is 257 cm³/mol. The molecule has 6 aromatic carbocycles. The molecule has 0 heterocycles. The van der Waals surface area contributed by atoms with Crippen LogP contribution in [0.5, 0.6) is 23.0 Å². The van der Waals surface area contributed by atoms with Gasteiger partial charge in [-0.3, -0.25) is 9.98 Å². The third kappa shape index (κ3) is 14.5. The Kier molecular flexibility index (Phi) is 18.3. The van der Waals surface area contributed by atoms with Crippen LogP contribution in [-0.2, 0) is 0 Å². The Bertz CT molecular complexity index is 2500. The summed E-state index contributed by atoms with van der Waals surface area (Å²) in [7, 11) is 0. The minimum absolute atomic E-state index is 0.0959. The van der Waals surface area contributed by atoms with Crippen LogP contribution in [0.4, 0.5) is 11.4 Å². The molecule has 0 amide bonds. The number of aliphatic imine (C=N–C) groups is 2. The first-order chi connectivity index (χ1) is 31.4. The Labute approximate surface area is 377 Å². The lowest BCUT2D eigenvalue weighted by molar-refractivity contribution is 0.0726. The standard InChI is InChI=1S/C55H57N3O6/c1-3-5-7-9-11-13-35-61-48-30-25-46(26-31-48)57-39-41-15-19-44(20-16-41)54(59)63-50-29-23-43-24-34-53(52(38-56)51(43)37-50)64-55(60)45-21-17-42(18-22-45)40-58-47-27-32-49(33-28-47)62-36-14-12-10-8-6-4-2/h15-34,37,39-40H,3-14,35-36H2,1-2H3. The number of esters is 2.